The molecule has 0 aliphatic carbocycles. The lowest BCUT2D eigenvalue weighted by Gasteiger charge is -2.16. The molecule has 0 saturated heterocycles. The molecule has 6 nitrogen and oxygen atoms in total. The molecule has 0 bridgehead atoms. The minimum atomic E-state index is -3.80. The van der Waals surface area contributed by atoms with Crippen LogP contribution in [0.25, 0.3) is 0 Å². The maximum Gasteiger partial charge on any atom is 0.262 e. The van der Waals surface area contributed by atoms with Crippen LogP contribution < -0.4 is 14.8 Å². The molecule has 0 aliphatic rings. The Kier molecular flexibility index (Phi) is 8.72. The normalized spacial score (nSPS) is 12.2. The van der Waals surface area contributed by atoms with Crippen molar-refractivity contribution < 1.29 is 17.9 Å². The van der Waals surface area contributed by atoms with Crippen LogP contribution in [0.4, 0.5) is 5.69 Å². The lowest BCUT2D eigenvalue weighted by molar-refractivity contribution is -0.118. The Bertz CT molecular complexity index is 1220. The van der Waals surface area contributed by atoms with Crippen LogP contribution >= 0.6 is 11.6 Å². The zero-order chi connectivity index (χ0) is 24.7. The Morgan fingerprint density at radius 3 is 2.21 bits per heavy atom. The van der Waals surface area contributed by atoms with Crippen LogP contribution in [0.1, 0.15) is 43.5 Å². The molecule has 0 radical (unpaired) electrons. The largest absolute Gasteiger partial charge is 0.482 e. The number of hydrogen-bond acceptors (Lipinski definition) is 4. The smallest absolute Gasteiger partial charge is 0.262 e. The van der Waals surface area contributed by atoms with Gasteiger partial charge in [-0.3, -0.25) is 4.79 Å². The van der Waals surface area contributed by atoms with E-state index in [2.05, 4.69) is 10.0 Å². The maximum atomic E-state index is 12.8. The van der Waals surface area contributed by atoms with Crippen LogP contribution in [0.2, 0.25) is 5.02 Å². The van der Waals surface area contributed by atoms with E-state index in [0.29, 0.717) is 0 Å². The molecular formula is C26H29ClN2O4S. The zero-order valence-electron chi connectivity index (χ0n) is 19.5. The van der Waals surface area contributed by atoms with Crippen molar-refractivity contribution in [2.45, 2.75) is 44.6 Å². The maximum absolute atomic E-state index is 12.8. The van der Waals surface area contributed by atoms with E-state index in [4.69, 9.17) is 16.3 Å². The third kappa shape index (κ3) is 6.38. The summed E-state index contributed by atoms with van der Waals surface area (Å²) < 4.78 is 33.8. The average molecular weight is 501 g/mol. The summed E-state index contributed by atoms with van der Waals surface area (Å²) in [6.07, 6.45) is 1.59. The molecule has 0 spiro atoms. The molecule has 0 fully saturated rings. The SMILES string of the molecule is CCc1cccc(CC)c1NC(=O)COc1ccc(S(=O)(=O)N[C@H](C)c2ccccc2)cc1Cl. The van der Waals surface area contributed by atoms with Crippen LogP contribution in [0.5, 0.6) is 5.75 Å². The number of nitrogens with one attached hydrogen (secondary N) is 2. The molecule has 180 valence electrons. The third-order valence-electron chi connectivity index (χ3n) is 5.47. The number of carbonyl (C=O) groups excluding carboxylic acids is 1. The first-order valence-corrected chi connectivity index (χ1v) is 13.0. The van der Waals surface area contributed by atoms with Crippen molar-refractivity contribution in [3.8, 4) is 5.75 Å². The topological polar surface area (TPSA) is 84.5 Å². The molecule has 0 saturated carbocycles. The number of sulfonamides is 1. The predicted molar refractivity (Wildman–Crippen MR) is 136 cm³/mol. The number of benzene rings is 3. The highest BCUT2D eigenvalue weighted by Gasteiger charge is 2.20. The minimum absolute atomic E-state index is 0.0153. The monoisotopic (exact) mass is 500 g/mol. The minimum Gasteiger partial charge on any atom is -0.482 e. The Labute approximate surface area is 206 Å². The number of anilines is 1. The lowest BCUT2D eigenvalue weighted by atomic mass is 10.0. The molecule has 1 atom stereocenters. The Hall–Kier alpha value is -2.87. The average Bonchev–Trinajstić information content (AvgIpc) is 2.83. The summed E-state index contributed by atoms with van der Waals surface area (Å²) in [5, 5.41) is 3.03. The fourth-order valence-corrected chi connectivity index (χ4v) is 5.16. The molecule has 0 heterocycles. The van der Waals surface area contributed by atoms with Crippen LogP contribution in [0.3, 0.4) is 0 Å². The Morgan fingerprint density at radius 1 is 0.971 bits per heavy atom. The molecule has 0 aliphatic heterocycles. The quantitative estimate of drug-likeness (QED) is 0.383. The fourth-order valence-electron chi connectivity index (χ4n) is 3.60. The van der Waals surface area contributed by atoms with Crippen LogP contribution in [0, 0.1) is 0 Å². The van der Waals surface area contributed by atoms with E-state index in [1.807, 2.05) is 62.4 Å². The van der Waals surface area contributed by atoms with Crippen molar-refractivity contribution in [2.75, 3.05) is 11.9 Å². The zero-order valence-corrected chi connectivity index (χ0v) is 21.0. The van der Waals surface area contributed by atoms with Crippen LogP contribution in [0.15, 0.2) is 71.6 Å². The molecule has 3 aromatic carbocycles. The summed E-state index contributed by atoms with van der Waals surface area (Å²) in [7, 11) is -3.80. The van der Waals surface area contributed by atoms with Crippen LogP contribution in [-0.2, 0) is 27.7 Å². The second-order valence-electron chi connectivity index (χ2n) is 7.84. The fraction of sp³-hybridized carbons (Fsp3) is 0.269. The number of rotatable bonds is 10. The first kappa shape index (κ1) is 25.7. The number of amides is 1. The van der Waals surface area contributed by atoms with Gasteiger partial charge in [-0.1, -0.05) is 74.0 Å². The van der Waals surface area contributed by atoms with Crippen molar-refractivity contribution in [2.24, 2.45) is 0 Å². The number of carbonyl (C=O) groups is 1. The molecule has 2 N–H and O–H groups in total. The second kappa shape index (κ2) is 11.5. The summed E-state index contributed by atoms with van der Waals surface area (Å²) in [5.41, 5.74) is 3.77. The molecule has 0 aromatic heterocycles. The number of halogens is 1. The molecule has 34 heavy (non-hydrogen) atoms. The van der Waals surface area contributed by atoms with Gasteiger partial charge in [0.1, 0.15) is 5.75 Å². The van der Waals surface area contributed by atoms with E-state index in [1.165, 1.54) is 18.2 Å². The van der Waals surface area contributed by atoms with Gasteiger partial charge in [0.2, 0.25) is 10.0 Å². The van der Waals surface area contributed by atoms with Gasteiger partial charge in [0.15, 0.2) is 6.61 Å². The van der Waals surface area contributed by atoms with E-state index in [1.54, 1.807) is 6.92 Å². The van der Waals surface area contributed by atoms with Gasteiger partial charge < -0.3 is 10.1 Å². The van der Waals surface area contributed by atoms with Gasteiger partial charge in [0, 0.05) is 11.7 Å². The van der Waals surface area contributed by atoms with Gasteiger partial charge >= 0.3 is 0 Å². The highest BCUT2D eigenvalue weighted by atomic mass is 35.5. The van der Waals surface area contributed by atoms with Crippen molar-refractivity contribution >= 4 is 33.2 Å². The first-order chi connectivity index (χ1) is 16.2. The van der Waals surface area contributed by atoms with Crippen molar-refractivity contribution in [1.29, 1.82) is 0 Å². The molecule has 8 heteroatoms. The van der Waals surface area contributed by atoms with Gasteiger partial charge in [0.05, 0.1) is 9.92 Å². The Morgan fingerprint density at radius 2 is 1.62 bits per heavy atom. The van der Waals surface area contributed by atoms with Crippen LogP contribution in [-0.4, -0.2) is 20.9 Å². The summed E-state index contributed by atoms with van der Waals surface area (Å²) in [5.74, 6) is -0.0897. The van der Waals surface area contributed by atoms with Gasteiger partial charge in [-0.15, -0.1) is 0 Å². The summed E-state index contributed by atoms with van der Waals surface area (Å²) in [6, 6.07) is 19.0. The summed E-state index contributed by atoms with van der Waals surface area (Å²) >= 11 is 6.28. The predicted octanol–water partition coefficient (Wildman–Crippen LogP) is 5.52. The van der Waals surface area contributed by atoms with Gasteiger partial charge in [-0.05, 0) is 54.7 Å². The standard InChI is InChI=1S/C26H29ClN2O4S/c1-4-19-12-9-13-20(5-2)26(19)28-25(30)17-33-24-15-14-22(16-23(24)27)34(31,32)29-18(3)21-10-7-6-8-11-21/h6-16,18,29H,4-5,17H2,1-3H3,(H,28,30)/t18-/m1/s1. The highest BCUT2D eigenvalue weighted by Crippen LogP contribution is 2.28. The van der Waals surface area contributed by atoms with E-state index in [0.717, 1.165) is 35.2 Å². The van der Waals surface area contributed by atoms with Gasteiger partial charge in [-0.25, -0.2) is 13.1 Å². The van der Waals surface area contributed by atoms with Crippen molar-refractivity contribution in [3.63, 3.8) is 0 Å². The Balaban J connectivity index is 1.66. The van der Waals surface area contributed by atoms with Crippen molar-refractivity contribution in [1.82, 2.24) is 4.72 Å². The van der Waals surface area contributed by atoms with E-state index >= 15 is 0 Å². The van der Waals surface area contributed by atoms with Gasteiger partial charge in [-0.2, -0.15) is 0 Å². The second-order valence-corrected chi connectivity index (χ2v) is 9.96. The van der Waals surface area contributed by atoms with Crippen molar-refractivity contribution in [3.05, 3.63) is 88.4 Å². The first-order valence-electron chi connectivity index (χ1n) is 11.1. The molecule has 1 amide bonds. The van der Waals surface area contributed by atoms with E-state index < -0.39 is 16.1 Å². The third-order valence-corrected chi connectivity index (χ3v) is 7.30. The summed E-state index contributed by atoms with van der Waals surface area (Å²) in [6.45, 7) is 5.58. The molecule has 3 aromatic rings. The number of hydrogen-bond donors (Lipinski definition) is 2. The van der Waals surface area contributed by atoms with E-state index in [-0.39, 0.29) is 28.2 Å². The number of ether oxygens (including phenoxy) is 1. The lowest BCUT2D eigenvalue weighted by Crippen LogP contribution is -2.27. The van der Waals surface area contributed by atoms with E-state index in [9.17, 15) is 13.2 Å². The molecular weight excluding hydrogens is 472 g/mol. The molecule has 0 unspecified atom stereocenters. The highest BCUT2D eigenvalue weighted by molar-refractivity contribution is 7.89. The van der Waals surface area contributed by atoms with Gasteiger partial charge in [0.25, 0.3) is 5.91 Å². The number of para-hydroxylation sites is 1. The molecule has 3 rings (SSSR count). The summed E-state index contributed by atoms with van der Waals surface area (Å²) in [4.78, 5) is 12.5. The number of aryl methyl sites for hydroxylation is 2.